The Morgan fingerprint density at radius 2 is 1.56 bits per heavy atom. The standard InChI is InChI=1S/C29H30N2O3/c1-5-18-34-25-15-11-10-14-24(25)31-28(32)26(23-17-16-20(3)19-21(23)4)27(29(31)33)30(6-2)22-12-8-7-9-13-22/h7-17,19H,5-6,18H2,1-4H3. The molecule has 0 radical (unpaired) electrons. The topological polar surface area (TPSA) is 49.9 Å². The van der Waals surface area contributed by atoms with Crippen molar-refractivity contribution < 1.29 is 14.3 Å². The summed E-state index contributed by atoms with van der Waals surface area (Å²) in [4.78, 5) is 31.2. The van der Waals surface area contributed by atoms with Gasteiger partial charge in [0, 0.05) is 12.2 Å². The second-order valence-corrected chi connectivity index (χ2v) is 8.38. The maximum Gasteiger partial charge on any atom is 0.282 e. The van der Waals surface area contributed by atoms with Crippen LogP contribution in [0.15, 0.2) is 78.5 Å². The number of benzene rings is 3. The molecule has 0 fully saturated rings. The lowest BCUT2D eigenvalue weighted by molar-refractivity contribution is -0.120. The molecule has 3 aromatic carbocycles. The van der Waals surface area contributed by atoms with Gasteiger partial charge in [0.15, 0.2) is 0 Å². The van der Waals surface area contributed by atoms with Crippen LogP contribution in [-0.2, 0) is 9.59 Å². The van der Waals surface area contributed by atoms with Crippen LogP contribution in [-0.4, -0.2) is 25.0 Å². The number of para-hydroxylation sites is 3. The molecule has 3 aromatic rings. The summed E-state index contributed by atoms with van der Waals surface area (Å²) in [5, 5.41) is 0. The van der Waals surface area contributed by atoms with Gasteiger partial charge in [-0.2, -0.15) is 0 Å². The van der Waals surface area contributed by atoms with Crippen LogP contribution in [0.5, 0.6) is 5.75 Å². The molecule has 5 heteroatoms. The highest BCUT2D eigenvalue weighted by atomic mass is 16.5. The minimum atomic E-state index is -0.349. The van der Waals surface area contributed by atoms with E-state index < -0.39 is 0 Å². The second-order valence-electron chi connectivity index (χ2n) is 8.38. The highest BCUT2D eigenvalue weighted by Crippen LogP contribution is 2.40. The first kappa shape index (κ1) is 23.3. The molecule has 0 bridgehead atoms. The van der Waals surface area contributed by atoms with Crippen LogP contribution in [0.1, 0.15) is 37.0 Å². The molecule has 5 nitrogen and oxygen atoms in total. The summed E-state index contributed by atoms with van der Waals surface area (Å²) >= 11 is 0. The Morgan fingerprint density at radius 3 is 2.24 bits per heavy atom. The lowest BCUT2D eigenvalue weighted by Gasteiger charge is -2.25. The van der Waals surface area contributed by atoms with Crippen LogP contribution in [0.3, 0.4) is 0 Å². The van der Waals surface area contributed by atoms with Gasteiger partial charge in [-0.15, -0.1) is 0 Å². The molecule has 1 aliphatic heterocycles. The van der Waals surface area contributed by atoms with Crippen LogP contribution < -0.4 is 14.5 Å². The Kier molecular flexibility index (Phi) is 6.82. The smallest absolute Gasteiger partial charge is 0.282 e. The summed E-state index contributed by atoms with van der Waals surface area (Å²) in [5.74, 6) is -0.165. The molecule has 4 rings (SSSR count). The molecule has 0 unspecified atom stereocenters. The molecule has 1 aliphatic rings. The molecule has 2 amide bonds. The van der Waals surface area contributed by atoms with E-state index in [-0.39, 0.29) is 11.8 Å². The Morgan fingerprint density at radius 1 is 0.853 bits per heavy atom. The van der Waals surface area contributed by atoms with Crippen LogP contribution in [0.4, 0.5) is 11.4 Å². The van der Waals surface area contributed by atoms with Gasteiger partial charge in [0.2, 0.25) is 0 Å². The van der Waals surface area contributed by atoms with Crippen molar-refractivity contribution in [2.24, 2.45) is 0 Å². The molecule has 1 heterocycles. The lowest BCUT2D eigenvalue weighted by Crippen LogP contribution is -2.35. The fourth-order valence-electron chi connectivity index (χ4n) is 4.38. The van der Waals surface area contributed by atoms with Crippen LogP contribution in [0, 0.1) is 13.8 Å². The molecular formula is C29H30N2O3. The number of hydrogen-bond donors (Lipinski definition) is 0. The molecule has 174 valence electrons. The van der Waals surface area contributed by atoms with Crippen LogP contribution in [0.2, 0.25) is 0 Å². The Bertz CT molecular complexity index is 1250. The Balaban J connectivity index is 1.92. The van der Waals surface area contributed by atoms with Gasteiger partial charge >= 0.3 is 0 Å². The minimum absolute atomic E-state index is 0.339. The van der Waals surface area contributed by atoms with Gasteiger partial charge in [-0.25, -0.2) is 4.90 Å². The molecule has 34 heavy (non-hydrogen) atoms. The first-order valence-electron chi connectivity index (χ1n) is 11.7. The van der Waals surface area contributed by atoms with Crippen molar-refractivity contribution >= 4 is 28.8 Å². The second kappa shape index (κ2) is 9.96. The molecule has 0 N–H and O–H groups in total. The van der Waals surface area contributed by atoms with Gasteiger partial charge in [-0.1, -0.05) is 61.0 Å². The van der Waals surface area contributed by atoms with Crippen molar-refractivity contribution in [3.63, 3.8) is 0 Å². The number of hydrogen-bond acceptors (Lipinski definition) is 4. The lowest BCUT2D eigenvalue weighted by atomic mass is 9.97. The Labute approximate surface area is 201 Å². The van der Waals surface area contributed by atoms with Crippen molar-refractivity contribution in [3.8, 4) is 5.75 Å². The first-order chi connectivity index (χ1) is 16.5. The predicted molar refractivity (Wildman–Crippen MR) is 137 cm³/mol. The van der Waals surface area contributed by atoms with Crippen molar-refractivity contribution in [3.05, 3.63) is 95.2 Å². The number of aryl methyl sites for hydroxylation is 2. The quantitative estimate of drug-likeness (QED) is 0.398. The fraction of sp³-hybridized carbons (Fsp3) is 0.241. The number of anilines is 2. The molecule has 0 aliphatic carbocycles. The van der Waals surface area contributed by atoms with Gasteiger partial charge in [0.1, 0.15) is 11.4 Å². The number of rotatable bonds is 8. The number of carbonyl (C=O) groups excluding carboxylic acids is 2. The molecule has 0 atom stereocenters. The maximum absolute atomic E-state index is 14.0. The third-order valence-corrected chi connectivity index (χ3v) is 5.93. The monoisotopic (exact) mass is 454 g/mol. The van der Waals surface area contributed by atoms with Gasteiger partial charge in [0.25, 0.3) is 11.8 Å². The van der Waals surface area contributed by atoms with E-state index in [2.05, 4.69) is 0 Å². The zero-order chi connectivity index (χ0) is 24.2. The van der Waals surface area contributed by atoms with E-state index in [1.807, 2.05) is 93.3 Å². The summed E-state index contributed by atoms with van der Waals surface area (Å²) in [6, 6.07) is 22.9. The zero-order valence-corrected chi connectivity index (χ0v) is 20.2. The van der Waals surface area contributed by atoms with E-state index >= 15 is 0 Å². The van der Waals surface area contributed by atoms with Crippen molar-refractivity contribution in [2.75, 3.05) is 23.0 Å². The number of carbonyl (C=O) groups is 2. The van der Waals surface area contributed by atoms with Gasteiger partial charge in [-0.3, -0.25) is 9.59 Å². The summed E-state index contributed by atoms with van der Waals surface area (Å²) in [6.07, 6.45) is 0.825. The predicted octanol–water partition coefficient (Wildman–Crippen LogP) is 5.90. The van der Waals surface area contributed by atoms with E-state index in [0.29, 0.717) is 35.9 Å². The fourth-order valence-corrected chi connectivity index (χ4v) is 4.38. The largest absolute Gasteiger partial charge is 0.491 e. The maximum atomic E-state index is 14.0. The van der Waals surface area contributed by atoms with Gasteiger partial charge in [-0.05, 0) is 62.6 Å². The van der Waals surface area contributed by atoms with Crippen molar-refractivity contribution in [1.29, 1.82) is 0 Å². The highest BCUT2D eigenvalue weighted by Gasteiger charge is 2.44. The minimum Gasteiger partial charge on any atom is -0.491 e. The van der Waals surface area contributed by atoms with E-state index in [9.17, 15) is 9.59 Å². The number of imide groups is 1. The zero-order valence-electron chi connectivity index (χ0n) is 20.2. The molecule has 0 saturated heterocycles. The third kappa shape index (κ3) is 4.21. The summed E-state index contributed by atoms with van der Waals surface area (Å²) < 4.78 is 5.90. The van der Waals surface area contributed by atoms with Crippen molar-refractivity contribution in [1.82, 2.24) is 0 Å². The molecule has 0 spiro atoms. The van der Waals surface area contributed by atoms with E-state index in [0.717, 1.165) is 28.8 Å². The summed E-state index contributed by atoms with van der Waals surface area (Å²) in [7, 11) is 0. The van der Waals surface area contributed by atoms with Crippen molar-refractivity contribution in [2.45, 2.75) is 34.1 Å². The van der Waals surface area contributed by atoms with Gasteiger partial charge in [0.05, 0.1) is 17.9 Å². The summed E-state index contributed by atoms with van der Waals surface area (Å²) in [6.45, 7) is 9.04. The van der Waals surface area contributed by atoms with Gasteiger partial charge < -0.3 is 9.64 Å². The van der Waals surface area contributed by atoms with E-state index in [1.54, 1.807) is 12.1 Å². The van der Waals surface area contributed by atoms with E-state index in [1.165, 1.54) is 4.90 Å². The number of amides is 2. The van der Waals surface area contributed by atoms with E-state index in [4.69, 9.17) is 4.74 Å². The number of likely N-dealkylation sites (N-methyl/N-ethyl adjacent to an activating group) is 1. The average Bonchev–Trinajstić information content (AvgIpc) is 3.09. The molecule has 0 saturated carbocycles. The third-order valence-electron chi connectivity index (χ3n) is 5.93. The SMILES string of the molecule is CCCOc1ccccc1N1C(=O)C(c2ccc(C)cc2C)=C(N(CC)c2ccccc2)C1=O. The Hall–Kier alpha value is -3.86. The normalized spacial score (nSPS) is 13.6. The molecular weight excluding hydrogens is 424 g/mol. The number of ether oxygens (including phenoxy) is 1. The number of nitrogens with zero attached hydrogens (tertiary/aromatic N) is 2. The average molecular weight is 455 g/mol. The highest BCUT2D eigenvalue weighted by molar-refractivity contribution is 6.46. The molecule has 0 aromatic heterocycles. The first-order valence-corrected chi connectivity index (χ1v) is 11.7. The summed E-state index contributed by atoms with van der Waals surface area (Å²) in [5.41, 5.74) is 4.95. The van der Waals surface area contributed by atoms with Crippen LogP contribution >= 0.6 is 0 Å². The van der Waals surface area contributed by atoms with Crippen LogP contribution in [0.25, 0.3) is 5.57 Å².